The molecular formula is C10H16. The van der Waals surface area contributed by atoms with Crippen LogP contribution in [-0.2, 0) is 0 Å². The summed E-state index contributed by atoms with van der Waals surface area (Å²) in [5.41, 5.74) is 0.933. The third-order valence-electron chi connectivity index (χ3n) is 4.41. The SMILES string of the molecule is CCCC12CC3CC(C1)C32. The summed E-state index contributed by atoms with van der Waals surface area (Å²) >= 11 is 0. The van der Waals surface area contributed by atoms with Gasteiger partial charge in [0.1, 0.15) is 0 Å². The van der Waals surface area contributed by atoms with Gasteiger partial charge in [-0.25, -0.2) is 0 Å². The minimum atomic E-state index is 0.933. The molecule has 0 N–H and O–H groups in total. The molecule has 2 unspecified atom stereocenters. The van der Waals surface area contributed by atoms with Crippen molar-refractivity contribution < 1.29 is 0 Å². The molecule has 3 aliphatic carbocycles. The maximum atomic E-state index is 2.34. The Labute approximate surface area is 63.0 Å². The summed E-state index contributed by atoms with van der Waals surface area (Å²) in [6.45, 7) is 2.34. The minimum Gasteiger partial charge on any atom is -0.0654 e. The van der Waals surface area contributed by atoms with Crippen molar-refractivity contribution in [3.05, 3.63) is 0 Å². The van der Waals surface area contributed by atoms with E-state index in [9.17, 15) is 0 Å². The van der Waals surface area contributed by atoms with Crippen molar-refractivity contribution in [3.8, 4) is 0 Å². The quantitative estimate of drug-likeness (QED) is 0.547. The number of rotatable bonds is 2. The van der Waals surface area contributed by atoms with Gasteiger partial charge in [-0.1, -0.05) is 13.3 Å². The Morgan fingerprint density at radius 2 is 2.00 bits per heavy atom. The van der Waals surface area contributed by atoms with Crippen molar-refractivity contribution in [1.82, 2.24) is 0 Å². The standard InChI is InChI=1S/C10H16/c1-2-3-10-5-7-4-8(6-10)9(7)10/h7-9H,2-6H2,1H3. The van der Waals surface area contributed by atoms with Crippen LogP contribution in [0.5, 0.6) is 0 Å². The molecular weight excluding hydrogens is 120 g/mol. The molecule has 0 amide bonds. The van der Waals surface area contributed by atoms with Crippen LogP contribution < -0.4 is 0 Å². The molecule has 0 spiro atoms. The Bertz CT molecular complexity index is 153. The summed E-state index contributed by atoms with van der Waals surface area (Å²) in [6.07, 6.45) is 7.81. The second-order valence-electron chi connectivity index (χ2n) is 4.80. The van der Waals surface area contributed by atoms with Crippen LogP contribution in [0.15, 0.2) is 0 Å². The van der Waals surface area contributed by atoms with E-state index in [0.29, 0.717) is 0 Å². The molecule has 0 heteroatoms. The van der Waals surface area contributed by atoms with Gasteiger partial charge in [-0.05, 0) is 48.9 Å². The van der Waals surface area contributed by atoms with E-state index in [4.69, 9.17) is 0 Å². The van der Waals surface area contributed by atoms with Crippen molar-refractivity contribution in [2.45, 2.75) is 39.0 Å². The number of hydrogen-bond donors (Lipinski definition) is 0. The van der Waals surface area contributed by atoms with E-state index in [1.54, 1.807) is 25.7 Å². The van der Waals surface area contributed by atoms with Crippen LogP contribution in [-0.4, -0.2) is 0 Å². The van der Waals surface area contributed by atoms with Gasteiger partial charge in [-0.2, -0.15) is 0 Å². The van der Waals surface area contributed by atoms with Crippen LogP contribution in [0.3, 0.4) is 0 Å². The lowest BCUT2D eigenvalue weighted by Crippen LogP contribution is -2.68. The molecule has 0 aliphatic heterocycles. The third kappa shape index (κ3) is 0.383. The fraction of sp³-hybridized carbons (Fsp3) is 1.00. The molecule has 0 aromatic rings. The van der Waals surface area contributed by atoms with Crippen LogP contribution in [0, 0.1) is 23.2 Å². The van der Waals surface area contributed by atoms with E-state index in [0.717, 1.165) is 5.41 Å². The van der Waals surface area contributed by atoms with Gasteiger partial charge in [0, 0.05) is 0 Å². The fourth-order valence-corrected chi connectivity index (χ4v) is 4.24. The molecule has 2 atom stereocenters. The first-order valence-corrected chi connectivity index (χ1v) is 4.86. The maximum absolute atomic E-state index is 2.34. The Kier molecular flexibility index (Phi) is 0.810. The smallest absolute Gasteiger partial charge is 0.0258 e. The van der Waals surface area contributed by atoms with E-state index in [1.165, 1.54) is 24.2 Å². The first kappa shape index (κ1) is 5.62. The summed E-state index contributed by atoms with van der Waals surface area (Å²) in [6, 6.07) is 0. The fourth-order valence-electron chi connectivity index (χ4n) is 4.24. The van der Waals surface area contributed by atoms with E-state index in [1.807, 2.05) is 0 Å². The molecule has 56 valence electrons. The second-order valence-corrected chi connectivity index (χ2v) is 4.80. The van der Waals surface area contributed by atoms with Gasteiger partial charge in [0.15, 0.2) is 0 Å². The Balaban J connectivity index is 1.75. The van der Waals surface area contributed by atoms with Gasteiger partial charge in [-0.3, -0.25) is 0 Å². The van der Waals surface area contributed by atoms with Gasteiger partial charge in [0.05, 0.1) is 0 Å². The molecule has 10 heavy (non-hydrogen) atoms. The zero-order valence-electron chi connectivity index (χ0n) is 6.77. The van der Waals surface area contributed by atoms with Crippen LogP contribution in [0.25, 0.3) is 0 Å². The molecule has 0 saturated heterocycles. The minimum absolute atomic E-state index is 0.933. The number of hydrogen-bond acceptors (Lipinski definition) is 0. The molecule has 3 fully saturated rings. The molecule has 3 saturated carbocycles. The maximum Gasteiger partial charge on any atom is -0.0258 e. The van der Waals surface area contributed by atoms with Crippen molar-refractivity contribution in [2.75, 3.05) is 0 Å². The summed E-state index contributed by atoms with van der Waals surface area (Å²) in [4.78, 5) is 0. The molecule has 0 aromatic heterocycles. The first-order chi connectivity index (χ1) is 4.86. The zero-order valence-corrected chi connectivity index (χ0v) is 6.77. The van der Waals surface area contributed by atoms with E-state index < -0.39 is 0 Å². The average Bonchev–Trinajstić information content (AvgIpc) is 1.87. The van der Waals surface area contributed by atoms with Gasteiger partial charge in [0.2, 0.25) is 0 Å². The highest BCUT2D eigenvalue weighted by Crippen LogP contribution is 2.78. The molecule has 0 aromatic carbocycles. The Morgan fingerprint density at radius 3 is 2.40 bits per heavy atom. The van der Waals surface area contributed by atoms with Gasteiger partial charge < -0.3 is 0 Å². The van der Waals surface area contributed by atoms with Crippen molar-refractivity contribution in [3.63, 3.8) is 0 Å². The van der Waals surface area contributed by atoms with Gasteiger partial charge in [0.25, 0.3) is 0 Å². The van der Waals surface area contributed by atoms with Crippen LogP contribution >= 0.6 is 0 Å². The molecule has 0 heterocycles. The zero-order chi connectivity index (χ0) is 6.77. The first-order valence-electron chi connectivity index (χ1n) is 4.86. The predicted molar refractivity (Wildman–Crippen MR) is 41.7 cm³/mol. The van der Waals surface area contributed by atoms with Crippen LogP contribution in [0.4, 0.5) is 0 Å². The second kappa shape index (κ2) is 1.44. The normalized spacial score (nSPS) is 61.5. The average molecular weight is 136 g/mol. The lowest BCUT2D eigenvalue weighted by atomic mass is 9.28. The molecule has 0 bridgehead atoms. The highest BCUT2D eigenvalue weighted by atomic mass is 14.7. The van der Waals surface area contributed by atoms with E-state index in [-0.39, 0.29) is 0 Å². The van der Waals surface area contributed by atoms with Crippen molar-refractivity contribution >= 4 is 0 Å². The lowest BCUT2D eigenvalue weighted by Gasteiger charge is -2.76. The highest BCUT2D eigenvalue weighted by molar-refractivity contribution is 5.19. The molecule has 0 nitrogen and oxygen atoms in total. The van der Waals surface area contributed by atoms with Gasteiger partial charge >= 0.3 is 0 Å². The third-order valence-corrected chi connectivity index (χ3v) is 4.41. The molecule has 0 radical (unpaired) electrons. The molecule has 3 aliphatic rings. The summed E-state index contributed by atoms with van der Waals surface area (Å²) < 4.78 is 0. The highest BCUT2D eigenvalue weighted by Gasteiger charge is 2.70. The van der Waals surface area contributed by atoms with Crippen molar-refractivity contribution in [1.29, 1.82) is 0 Å². The lowest BCUT2D eigenvalue weighted by molar-refractivity contribution is -0.273. The van der Waals surface area contributed by atoms with Gasteiger partial charge in [-0.15, -0.1) is 0 Å². The van der Waals surface area contributed by atoms with E-state index in [2.05, 4.69) is 6.92 Å². The van der Waals surface area contributed by atoms with Crippen molar-refractivity contribution in [2.24, 2.45) is 23.2 Å². The van der Waals surface area contributed by atoms with E-state index >= 15 is 0 Å². The topological polar surface area (TPSA) is 0 Å². The Hall–Kier alpha value is 0. The Morgan fingerprint density at radius 1 is 1.30 bits per heavy atom. The summed E-state index contributed by atoms with van der Waals surface area (Å²) in [5, 5.41) is 0. The monoisotopic (exact) mass is 136 g/mol. The predicted octanol–water partition coefficient (Wildman–Crippen LogP) is 2.83. The molecule has 3 rings (SSSR count). The largest absolute Gasteiger partial charge is 0.0654 e. The summed E-state index contributed by atoms with van der Waals surface area (Å²) in [5.74, 6) is 3.67. The van der Waals surface area contributed by atoms with Crippen LogP contribution in [0.1, 0.15) is 39.0 Å². The summed E-state index contributed by atoms with van der Waals surface area (Å²) in [7, 11) is 0. The van der Waals surface area contributed by atoms with Crippen LogP contribution in [0.2, 0.25) is 0 Å².